The zero-order chi connectivity index (χ0) is 7.28. The molecule has 1 atom stereocenters. The Morgan fingerprint density at radius 2 is 2.44 bits per heavy atom. The Hall–Kier alpha value is 0.160. The number of halogens is 1. The zero-order valence-corrected chi connectivity index (χ0v) is 7.64. The van der Waals surface area contributed by atoms with Gasteiger partial charge in [-0.3, -0.25) is 8.32 Å². The molecule has 0 spiro atoms. The quantitative estimate of drug-likeness (QED) is 0.454. The van der Waals surface area contributed by atoms with Crippen molar-refractivity contribution in [1.82, 2.24) is 3.53 Å². The van der Waals surface area contributed by atoms with E-state index in [1.807, 2.05) is 29.8 Å². The van der Waals surface area contributed by atoms with E-state index in [-0.39, 0.29) is 12.0 Å². The first-order chi connectivity index (χ1) is 4.20. The Balaban J connectivity index is 3.34. The molecule has 4 heteroatoms. The summed E-state index contributed by atoms with van der Waals surface area (Å²) in [5.74, 6) is -0.174. The van der Waals surface area contributed by atoms with E-state index in [1.54, 1.807) is 0 Å². The van der Waals surface area contributed by atoms with E-state index in [4.69, 9.17) is 0 Å². The van der Waals surface area contributed by atoms with Gasteiger partial charge in [-0.15, -0.1) is 0 Å². The summed E-state index contributed by atoms with van der Waals surface area (Å²) in [5, 5.41) is 0. The SMILES string of the molecule is COC(=O)CC(C)NI. The monoisotopic (exact) mass is 243 g/mol. The van der Waals surface area contributed by atoms with Crippen molar-refractivity contribution in [3.63, 3.8) is 0 Å². The summed E-state index contributed by atoms with van der Waals surface area (Å²) in [4.78, 5) is 10.5. The first-order valence-corrected chi connectivity index (χ1v) is 3.71. The van der Waals surface area contributed by atoms with Crippen molar-refractivity contribution in [2.45, 2.75) is 19.4 Å². The fourth-order valence-electron chi connectivity index (χ4n) is 0.372. The van der Waals surface area contributed by atoms with Crippen LogP contribution in [0.4, 0.5) is 0 Å². The lowest BCUT2D eigenvalue weighted by molar-refractivity contribution is -0.140. The minimum absolute atomic E-state index is 0.174. The summed E-state index contributed by atoms with van der Waals surface area (Å²) in [6, 6.07) is 0.193. The molecule has 0 aromatic carbocycles. The van der Waals surface area contributed by atoms with E-state index < -0.39 is 0 Å². The highest BCUT2D eigenvalue weighted by molar-refractivity contribution is 14.1. The third kappa shape index (κ3) is 4.65. The van der Waals surface area contributed by atoms with Crippen molar-refractivity contribution < 1.29 is 9.53 Å². The second-order valence-electron chi connectivity index (χ2n) is 1.79. The summed E-state index contributed by atoms with van der Waals surface area (Å²) in [5.41, 5.74) is 0. The molecule has 0 radical (unpaired) electrons. The van der Waals surface area contributed by atoms with Crippen LogP contribution in [0.3, 0.4) is 0 Å². The highest BCUT2D eigenvalue weighted by Crippen LogP contribution is 1.93. The van der Waals surface area contributed by atoms with Crippen molar-refractivity contribution >= 4 is 28.8 Å². The zero-order valence-electron chi connectivity index (χ0n) is 5.48. The van der Waals surface area contributed by atoms with Gasteiger partial charge in [-0.05, 0) is 6.92 Å². The van der Waals surface area contributed by atoms with Gasteiger partial charge in [0, 0.05) is 28.9 Å². The minimum atomic E-state index is -0.174. The van der Waals surface area contributed by atoms with Gasteiger partial charge in [-0.2, -0.15) is 0 Å². The van der Waals surface area contributed by atoms with Crippen molar-refractivity contribution in [3.05, 3.63) is 0 Å². The molecular weight excluding hydrogens is 233 g/mol. The number of rotatable bonds is 3. The smallest absolute Gasteiger partial charge is 0.307 e. The van der Waals surface area contributed by atoms with Crippen LogP contribution in [0.15, 0.2) is 0 Å². The predicted molar refractivity (Wildman–Crippen MR) is 43.3 cm³/mol. The number of esters is 1. The molecule has 0 amide bonds. The van der Waals surface area contributed by atoms with Crippen LogP contribution in [0, 0.1) is 0 Å². The third-order valence-electron chi connectivity index (χ3n) is 0.887. The van der Waals surface area contributed by atoms with Crippen LogP contribution >= 0.6 is 22.9 Å². The maximum Gasteiger partial charge on any atom is 0.307 e. The number of methoxy groups -OCH3 is 1. The molecule has 3 nitrogen and oxygen atoms in total. The van der Waals surface area contributed by atoms with E-state index in [9.17, 15) is 4.79 Å². The first-order valence-electron chi connectivity index (χ1n) is 2.63. The Morgan fingerprint density at radius 3 is 2.78 bits per heavy atom. The van der Waals surface area contributed by atoms with Crippen LogP contribution in [0.2, 0.25) is 0 Å². The van der Waals surface area contributed by atoms with Gasteiger partial charge in [0.05, 0.1) is 13.5 Å². The van der Waals surface area contributed by atoms with E-state index in [0.29, 0.717) is 6.42 Å². The van der Waals surface area contributed by atoms with Crippen LogP contribution in [0.5, 0.6) is 0 Å². The Morgan fingerprint density at radius 1 is 1.89 bits per heavy atom. The van der Waals surface area contributed by atoms with Crippen molar-refractivity contribution in [1.29, 1.82) is 0 Å². The molecule has 0 saturated heterocycles. The van der Waals surface area contributed by atoms with Gasteiger partial charge >= 0.3 is 5.97 Å². The fourth-order valence-corrected chi connectivity index (χ4v) is 0.592. The van der Waals surface area contributed by atoms with E-state index in [1.165, 1.54) is 7.11 Å². The van der Waals surface area contributed by atoms with Crippen LogP contribution < -0.4 is 3.53 Å². The van der Waals surface area contributed by atoms with Crippen molar-refractivity contribution in [3.8, 4) is 0 Å². The van der Waals surface area contributed by atoms with Crippen LogP contribution in [0.25, 0.3) is 0 Å². The lowest BCUT2D eigenvalue weighted by Crippen LogP contribution is -2.20. The van der Waals surface area contributed by atoms with Crippen molar-refractivity contribution in [2.75, 3.05) is 7.11 Å². The van der Waals surface area contributed by atoms with Crippen LogP contribution in [-0.2, 0) is 9.53 Å². The molecule has 0 fully saturated rings. The second kappa shape index (κ2) is 4.99. The Kier molecular flexibility index (Phi) is 5.07. The summed E-state index contributed by atoms with van der Waals surface area (Å²) in [6.07, 6.45) is 0.430. The molecule has 0 aromatic heterocycles. The van der Waals surface area contributed by atoms with Gasteiger partial charge in [0.15, 0.2) is 0 Å². The fraction of sp³-hybridized carbons (Fsp3) is 0.800. The summed E-state index contributed by atoms with van der Waals surface area (Å²) >= 11 is 2.01. The molecule has 0 rings (SSSR count). The van der Waals surface area contributed by atoms with Gasteiger partial charge in [-0.25, -0.2) is 0 Å². The number of carbonyl (C=O) groups is 1. The Bertz CT molecular complexity index is 97.0. The molecule has 9 heavy (non-hydrogen) atoms. The molecular formula is C5H10INO2. The molecule has 1 N–H and O–H groups in total. The van der Waals surface area contributed by atoms with Crippen molar-refractivity contribution in [2.24, 2.45) is 0 Å². The van der Waals surface area contributed by atoms with E-state index in [2.05, 4.69) is 8.27 Å². The molecule has 0 aliphatic rings. The number of hydrogen-bond acceptors (Lipinski definition) is 3. The summed E-state index contributed by atoms with van der Waals surface area (Å²) < 4.78 is 7.34. The maximum atomic E-state index is 10.5. The normalized spacial score (nSPS) is 12.8. The molecule has 0 heterocycles. The van der Waals surface area contributed by atoms with Gasteiger partial charge in [0.25, 0.3) is 0 Å². The summed E-state index contributed by atoms with van der Waals surface area (Å²) in [6.45, 7) is 1.92. The average molecular weight is 243 g/mol. The minimum Gasteiger partial charge on any atom is -0.469 e. The molecule has 0 aromatic rings. The van der Waals surface area contributed by atoms with E-state index in [0.717, 1.165) is 0 Å². The Labute approximate surface area is 68.6 Å². The summed E-state index contributed by atoms with van der Waals surface area (Å²) in [7, 11) is 1.39. The van der Waals surface area contributed by atoms with Crippen LogP contribution in [-0.4, -0.2) is 19.1 Å². The number of carbonyl (C=O) groups excluding carboxylic acids is 1. The number of hydrogen-bond donors (Lipinski definition) is 1. The molecule has 0 bridgehead atoms. The number of nitrogens with one attached hydrogen (secondary N) is 1. The molecule has 0 aliphatic carbocycles. The molecule has 1 unspecified atom stereocenters. The van der Waals surface area contributed by atoms with E-state index >= 15 is 0 Å². The van der Waals surface area contributed by atoms with Gasteiger partial charge in [0.2, 0.25) is 0 Å². The lowest BCUT2D eigenvalue weighted by Gasteiger charge is -2.04. The standard InChI is InChI=1S/C5H10INO2/c1-4(7-6)3-5(8)9-2/h4,7H,3H2,1-2H3. The average Bonchev–Trinajstić information content (AvgIpc) is 1.87. The first kappa shape index (κ1) is 9.16. The third-order valence-corrected chi connectivity index (χ3v) is 1.95. The second-order valence-corrected chi connectivity index (χ2v) is 2.41. The highest BCUT2D eigenvalue weighted by Gasteiger charge is 2.05. The predicted octanol–water partition coefficient (Wildman–Crippen LogP) is 0.878. The molecule has 54 valence electrons. The highest BCUT2D eigenvalue weighted by atomic mass is 127. The van der Waals surface area contributed by atoms with Crippen LogP contribution in [0.1, 0.15) is 13.3 Å². The molecule has 0 saturated carbocycles. The largest absolute Gasteiger partial charge is 0.469 e. The topological polar surface area (TPSA) is 38.3 Å². The van der Waals surface area contributed by atoms with Gasteiger partial charge < -0.3 is 4.74 Å². The maximum absolute atomic E-state index is 10.5. The number of ether oxygens (including phenoxy) is 1. The van der Waals surface area contributed by atoms with Gasteiger partial charge in [0.1, 0.15) is 0 Å². The molecule has 0 aliphatic heterocycles. The van der Waals surface area contributed by atoms with Gasteiger partial charge in [-0.1, -0.05) is 0 Å². The lowest BCUT2D eigenvalue weighted by atomic mass is 10.3.